The van der Waals surface area contributed by atoms with Gasteiger partial charge in [0.15, 0.2) is 0 Å². The van der Waals surface area contributed by atoms with Crippen molar-refractivity contribution in [1.82, 2.24) is 9.97 Å². The van der Waals surface area contributed by atoms with Crippen LogP contribution in [0.2, 0.25) is 5.02 Å². The molecule has 3 aliphatic carbocycles. The molecular formula is C20H19ClN2O3. The number of carbonyl (C=O) groups is 1. The Morgan fingerprint density at radius 3 is 2.54 bits per heavy atom. The molecule has 0 aromatic carbocycles. The fraction of sp³-hybridized carbons (Fsp3) is 0.450. The molecule has 1 N–H and O–H groups in total. The van der Waals surface area contributed by atoms with Crippen LogP contribution in [0.4, 0.5) is 0 Å². The van der Waals surface area contributed by atoms with E-state index in [1.807, 2.05) is 6.07 Å². The zero-order chi connectivity index (χ0) is 18.4. The van der Waals surface area contributed by atoms with Gasteiger partial charge in [-0.2, -0.15) is 0 Å². The van der Waals surface area contributed by atoms with Crippen LogP contribution in [0, 0.1) is 22.7 Å². The van der Waals surface area contributed by atoms with Crippen LogP contribution >= 0.6 is 11.6 Å². The molecule has 3 saturated carbocycles. The third kappa shape index (κ3) is 2.69. The maximum Gasteiger partial charge on any atom is 0.309 e. The van der Waals surface area contributed by atoms with E-state index < -0.39 is 11.4 Å². The minimum atomic E-state index is -0.654. The van der Waals surface area contributed by atoms with Gasteiger partial charge in [0, 0.05) is 17.7 Å². The van der Waals surface area contributed by atoms with Crippen LogP contribution in [0.5, 0.6) is 5.88 Å². The molecular weight excluding hydrogens is 352 g/mol. The van der Waals surface area contributed by atoms with Crippen LogP contribution in [0.15, 0.2) is 18.3 Å². The Hall–Kier alpha value is -2.32. The van der Waals surface area contributed by atoms with Gasteiger partial charge in [-0.1, -0.05) is 23.4 Å². The molecule has 0 radical (unpaired) electrons. The molecule has 2 aromatic rings. The van der Waals surface area contributed by atoms with E-state index in [1.54, 1.807) is 19.4 Å². The lowest BCUT2D eigenvalue weighted by atomic mass is 9.54. The standard InChI is InChI=1S/C20H19ClN2O3/c1-26-16-3-2-15-17(23-16)13(14(21)12-22-15)4-5-19-6-9-20(10-7-19,11-8-19)18(24)25/h2-3,12H,6-11H2,1H3,(H,24,25). The molecule has 0 unspecified atom stereocenters. The largest absolute Gasteiger partial charge is 0.481 e. The van der Waals surface area contributed by atoms with Gasteiger partial charge in [0.1, 0.15) is 5.52 Å². The number of rotatable bonds is 2. The number of aromatic nitrogens is 2. The molecule has 26 heavy (non-hydrogen) atoms. The first kappa shape index (κ1) is 17.1. The van der Waals surface area contributed by atoms with Gasteiger partial charge >= 0.3 is 5.97 Å². The zero-order valence-corrected chi connectivity index (χ0v) is 15.3. The lowest BCUT2D eigenvalue weighted by Gasteiger charge is -2.48. The number of halogens is 1. The summed E-state index contributed by atoms with van der Waals surface area (Å²) in [6.45, 7) is 0. The lowest BCUT2D eigenvalue weighted by molar-refractivity contribution is -0.157. The maximum absolute atomic E-state index is 11.6. The van der Waals surface area contributed by atoms with Gasteiger partial charge in [0.25, 0.3) is 0 Å². The summed E-state index contributed by atoms with van der Waals surface area (Å²) in [6, 6.07) is 3.59. The Labute approximate surface area is 156 Å². The molecule has 2 heterocycles. The zero-order valence-electron chi connectivity index (χ0n) is 14.5. The summed E-state index contributed by atoms with van der Waals surface area (Å²) in [4.78, 5) is 20.4. The van der Waals surface area contributed by atoms with Crippen molar-refractivity contribution in [3.8, 4) is 17.7 Å². The van der Waals surface area contributed by atoms with Crippen molar-refractivity contribution >= 4 is 28.6 Å². The second kappa shape index (κ2) is 6.14. The molecule has 3 fully saturated rings. The summed E-state index contributed by atoms with van der Waals surface area (Å²) in [5.41, 5.74) is 1.36. The van der Waals surface area contributed by atoms with Crippen LogP contribution < -0.4 is 4.74 Å². The number of aliphatic carboxylic acids is 1. The third-order valence-electron chi connectivity index (χ3n) is 6.00. The molecule has 6 heteroatoms. The first-order valence-electron chi connectivity index (χ1n) is 8.73. The third-order valence-corrected chi connectivity index (χ3v) is 6.29. The number of carboxylic acid groups (broad SMARTS) is 1. The summed E-state index contributed by atoms with van der Waals surface area (Å²) >= 11 is 6.36. The van der Waals surface area contributed by atoms with Crippen molar-refractivity contribution in [2.75, 3.05) is 7.11 Å². The minimum absolute atomic E-state index is 0.116. The maximum atomic E-state index is 11.6. The minimum Gasteiger partial charge on any atom is -0.481 e. The molecule has 0 saturated heterocycles. The van der Waals surface area contributed by atoms with Gasteiger partial charge in [-0.15, -0.1) is 0 Å². The highest BCUT2D eigenvalue weighted by molar-refractivity contribution is 6.32. The second-order valence-corrected chi connectivity index (χ2v) is 7.73. The molecule has 5 rings (SSSR count). The van der Waals surface area contributed by atoms with E-state index in [-0.39, 0.29) is 5.41 Å². The Kier molecular flexibility index (Phi) is 4.04. The van der Waals surface area contributed by atoms with Gasteiger partial charge in [-0.25, -0.2) is 4.98 Å². The number of hydrogen-bond acceptors (Lipinski definition) is 4. The van der Waals surface area contributed by atoms with Crippen molar-refractivity contribution in [3.63, 3.8) is 0 Å². The highest BCUT2D eigenvalue weighted by atomic mass is 35.5. The molecule has 134 valence electrons. The Morgan fingerprint density at radius 2 is 1.92 bits per heavy atom. The first-order valence-corrected chi connectivity index (χ1v) is 9.11. The van der Waals surface area contributed by atoms with E-state index in [1.165, 1.54) is 0 Å². The van der Waals surface area contributed by atoms with Gasteiger partial charge in [0.05, 0.1) is 28.6 Å². The van der Waals surface area contributed by atoms with Crippen LogP contribution in [0.25, 0.3) is 11.0 Å². The van der Waals surface area contributed by atoms with E-state index in [9.17, 15) is 9.90 Å². The topological polar surface area (TPSA) is 72.3 Å². The number of nitrogens with zero attached hydrogens (tertiary/aromatic N) is 2. The fourth-order valence-corrected chi connectivity index (χ4v) is 4.33. The summed E-state index contributed by atoms with van der Waals surface area (Å²) in [5, 5.41) is 10.00. The second-order valence-electron chi connectivity index (χ2n) is 7.32. The Bertz CT molecular complexity index is 936. The molecule has 2 bridgehead atoms. The number of fused-ring (bicyclic) bond motifs is 4. The van der Waals surface area contributed by atoms with Gasteiger partial charge in [-0.05, 0) is 44.6 Å². The summed E-state index contributed by atoms with van der Waals surface area (Å²) < 4.78 is 5.21. The molecule has 0 aliphatic heterocycles. The first-order chi connectivity index (χ1) is 12.5. The average molecular weight is 371 g/mol. The van der Waals surface area contributed by atoms with Crippen molar-refractivity contribution in [2.24, 2.45) is 10.8 Å². The smallest absolute Gasteiger partial charge is 0.309 e. The SMILES string of the molecule is COc1ccc2ncc(Cl)c(C#CC34CCC(C(=O)O)(CC3)CC4)c2n1. The number of hydrogen-bond donors (Lipinski definition) is 1. The Morgan fingerprint density at radius 1 is 1.23 bits per heavy atom. The predicted molar refractivity (Wildman–Crippen MR) is 98.2 cm³/mol. The number of carboxylic acids is 1. The van der Waals surface area contributed by atoms with Gasteiger partial charge in [0.2, 0.25) is 5.88 Å². The number of methoxy groups -OCH3 is 1. The predicted octanol–water partition coefficient (Wildman–Crippen LogP) is 4.07. The van der Waals surface area contributed by atoms with E-state index in [0.29, 0.717) is 46.8 Å². The highest BCUT2D eigenvalue weighted by Gasteiger charge is 2.52. The quantitative estimate of drug-likeness (QED) is 0.807. The molecule has 2 aromatic heterocycles. The Balaban J connectivity index is 1.71. The number of ether oxygens (including phenoxy) is 1. The molecule has 3 aliphatic rings. The van der Waals surface area contributed by atoms with Crippen LogP contribution in [-0.2, 0) is 4.79 Å². The fourth-order valence-electron chi connectivity index (χ4n) is 4.15. The van der Waals surface area contributed by atoms with Crippen LogP contribution in [0.1, 0.15) is 44.1 Å². The number of pyridine rings is 2. The van der Waals surface area contributed by atoms with Crippen LogP contribution in [0.3, 0.4) is 0 Å². The van der Waals surface area contributed by atoms with E-state index >= 15 is 0 Å². The highest BCUT2D eigenvalue weighted by Crippen LogP contribution is 2.56. The molecule has 0 spiro atoms. The van der Waals surface area contributed by atoms with Gasteiger partial charge < -0.3 is 9.84 Å². The van der Waals surface area contributed by atoms with E-state index in [2.05, 4.69) is 21.8 Å². The van der Waals surface area contributed by atoms with Crippen molar-refractivity contribution in [2.45, 2.75) is 38.5 Å². The lowest BCUT2D eigenvalue weighted by Crippen LogP contribution is -2.45. The van der Waals surface area contributed by atoms with E-state index in [0.717, 1.165) is 19.3 Å². The van der Waals surface area contributed by atoms with Crippen molar-refractivity contribution in [1.29, 1.82) is 0 Å². The molecule has 0 amide bonds. The van der Waals surface area contributed by atoms with Gasteiger partial charge in [-0.3, -0.25) is 9.78 Å². The summed E-state index contributed by atoms with van der Waals surface area (Å²) in [5.74, 6) is 6.51. The average Bonchev–Trinajstić information content (AvgIpc) is 2.68. The summed E-state index contributed by atoms with van der Waals surface area (Å²) in [6.07, 6.45) is 6.17. The van der Waals surface area contributed by atoms with Crippen molar-refractivity contribution < 1.29 is 14.6 Å². The monoisotopic (exact) mass is 370 g/mol. The van der Waals surface area contributed by atoms with Crippen molar-refractivity contribution in [3.05, 3.63) is 28.9 Å². The molecule has 0 atom stereocenters. The normalized spacial score (nSPS) is 27.0. The molecule has 5 nitrogen and oxygen atoms in total. The van der Waals surface area contributed by atoms with Crippen LogP contribution in [-0.4, -0.2) is 28.2 Å². The van der Waals surface area contributed by atoms with E-state index in [4.69, 9.17) is 16.3 Å². The summed E-state index contributed by atoms with van der Waals surface area (Å²) in [7, 11) is 1.56.